The largest absolute Gasteiger partial charge is 0.466 e. The van der Waals surface area contributed by atoms with Crippen molar-refractivity contribution >= 4 is 12.1 Å². The summed E-state index contributed by atoms with van der Waals surface area (Å²) < 4.78 is 10.6. The monoisotopic (exact) mass is 391 g/mol. The number of benzene rings is 1. The Morgan fingerprint density at radius 2 is 1.86 bits per heavy atom. The Bertz CT molecular complexity index is 671. The number of hydrogen-bond acceptors (Lipinski definition) is 6. The fourth-order valence-corrected chi connectivity index (χ4v) is 4.24. The van der Waals surface area contributed by atoms with Crippen LogP contribution in [-0.2, 0) is 25.7 Å². The van der Waals surface area contributed by atoms with Gasteiger partial charge in [-0.2, -0.15) is 5.06 Å². The third-order valence-electron chi connectivity index (χ3n) is 5.53. The van der Waals surface area contributed by atoms with Gasteiger partial charge in [-0.3, -0.25) is 4.79 Å². The van der Waals surface area contributed by atoms with E-state index < -0.39 is 29.8 Å². The second-order valence-corrected chi connectivity index (χ2v) is 7.63. The second kappa shape index (κ2) is 8.92. The lowest BCUT2D eigenvalue weighted by Gasteiger charge is -2.33. The summed E-state index contributed by atoms with van der Waals surface area (Å²) >= 11 is 0. The maximum Gasteiger partial charge on any atom is 0.434 e. The molecule has 1 amide bonds. The Balaban J connectivity index is 1.80. The summed E-state index contributed by atoms with van der Waals surface area (Å²) in [5, 5.41) is 11.9. The topological polar surface area (TPSA) is 85.3 Å². The minimum absolute atomic E-state index is 0.0430. The number of rotatable bonds is 5. The van der Waals surface area contributed by atoms with Crippen molar-refractivity contribution in [2.24, 2.45) is 11.8 Å². The summed E-state index contributed by atoms with van der Waals surface area (Å²) in [5.74, 6) is -3.32. The fraction of sp³-hybridized carbons (Fsp3) is 0.619. The molecule has 2 aliphatic rings. The molecule has 0 spiro atoms. The molecular weight excluding hydrogens is 362 g/mol. The van der Waals surface area contributed by atoms with Crippen LogP contribution in [-0.4, -0.2) is 40.7 Å². The van der Waals surface area contributed by atoms with Gasteiger partial charge in [-0.05, 0) is 38.2 Å². The maximum absolute atomic E-state index is 12.8. The van der Waals surface area contributed by atoms with Crippen LogP contribution in [0, 0.1) is 11.8 Å². The smallest absolute Gasteiger partial charge is 0.434 e. The van der Waals surface area contributed by atoms with Gasteiger partial charge in [0, 0.05) is 0 Å². The number of carbonyl (C=O) groups excluding carboxylic acids is 2. The zero-order chi connectivity index (χ0) is 20.1. The third-order valence-corrected chi connectivity index (χ3v) is 5.53. The molecule has 1 aliphatic heterocycles. The average molecular weight is 391 g/mol. The first-order chi connectivity index (χ1) is 13.4. The van der Waals surface area contributed by atoms with Crippen molar-refractivity contribution in [2.75, 3.05) is 6.61 Å². The van der Waals surface area contributed by atoms with Crippen molar-refractivity contribution in [3.63, 3.8) is 0 Å². The van der Waals surface area contributed by atoms with Gasteiger partial charge in [-0.15, -0.1) is 0 Å². The van der Waals surface area contributed by atoms with Crippen molar-refractivity contribution in [1.29, 1.82) is 0 Å². The average Bonchev–Trinajstić information content (AvgIpc) is 2.99. The van der Waals surface area contributed by atoms with Crippen LogP contribution in [0.25, 0.3) is 0 Å². The maximum atomic E-state index is 12.8. The zero-order valence-electron chi connectivity index (χ0n) is 16.5. The lowest BCUT2D eigenvalue weighted by atomic mass is 9.77. The van der Waals surface area contributed by atoms with Gasteiger partial charge in [0.05, 0.1) is 12.6 Å². The van der Waals surface area contributed by atoms with E-state index in [1.165, 1.54) is 6.92 Å². The Kier molecular flexibility index (Phi) is 6.57. The van der Waals surface area contributed by atoms with Crippen LogP contribution >= 0.6 is 0 Å². The molecule has 7 heteroatoms. The van der Waals surface area contributed by atoms with Crippen LogP contribution in [0.4, 0.5) is 4.79 Å². The van der Waals surface area contributed by atoms with E-state index in [4.69, 9.17) is 14.3 Å². The van der Waals surface area contributed by atoms with E-state index in [0.29, 0.717) is 0 Å². The molecule has 2 fully saturated rings. The van der Waals surface area contributed by atoms with Crippen LogP contribution in [0.1, 0.15) is 51.5 Å². The second-order valence-electron chi connectivity index (χ2n) is 7.63. The highest BCUT2D eigenvalue weighted by molar-refractivity contribution is 5.77. The Morgan fingerprint density at radius 1 is 1.18 bits per heavy atom. The van der Waals surface area contributed by atoms with E-state index >= 15 is 0 Å². The molecule has 1 aromatic carbocycles. The summed E-state index contributed by atoms with van der Waals surface area (Å²) in [6.45, 7) is 3.39. The molecule has 3 rings (SSSR count). The number of ether oxygens (including phenoxy) is 2. The highest BCUT2D eigenvalue weighted by Crippen LogP contribution is 2.43. The van der Waals surface area contributed by atoms with Crippen molar-refractivity contribution in [1.82, 2.24) is 5.06 Å². The Hall–Kier alpha value is -2.12. The molecule has 0 aromatic heterocycles. The number of aliphatic hydroxyl groups is 1. The standard InChI is InChI=1S/C21H29NO6/c1-3-26-19(23)17-18(16-12-8-5-9-13-16)22(28-21(17,2)25)20(24)27-14-15-10-6-4-7-11-15/h4,6-7,10-11,16-18,25H,3,5,8-9,12-14H2,1-2H3/t17-,18+,21?/m0/s1. The predicted octanol–water partition coefficient (Wildman–Crippen LogP) is 3.41. The van der Waals surface area contributed by atoms with E-state index in [1.807, 2.05) is 30.3 Å². The summed E-state index contributed by atoms with van der Waals surface area (Å²) in [6, 6.07) is 8.71. The molecule has 1 aliphatic carbocycles. The Labute approximate surface area is 165 Å². The molecule has 3 atom stereocenters. The van der Waals surface area contributed by atoms with Gasteiger partial charge in [0.1, 0.15) is 12.5 Å². The minimum atomic E-state index is -1.83. The number of esters is 1. The highest BCUT2D eigenvalue weighted by Gasteiger charge is 2.59. The fourth-order valence-electron chi connectivity index (χ4n) is 4.24. The summed E-state index contributed by atoms with van der Waals surface area (Å²) in [4.78, 5) is 31.0. The van der Waals surface area contributed by atoms with E-state index in [0.717, 1.165) is 42.7 Å². The van der Waals surface area contributed by atoms with Crippen LogP contribution < -0.4 is 0 Å². The van der Waals surface area contributed by atoms with Gasteiger partial charge in [0.2, 0.25) is 5.79 Å². The lowest BCUT2D eigenvalue weighted by molar-refractivity contribution is -0.270. The molecule has 1 saturated carbocycles. The van der Waals surface area contributed by atoms with Gasteiger partial charge in [0.15, 0.2) is 0 Å². The summed E-state index contributed by atoms with van der Waals surface area (Å²) in [6.07, 6.45) is 4.19. The first-order valence-corrected chi connectivity index (χ1v) is 10.0. The van der Waals surface area contributed by atoms with Crippen molar-refractivity contribution in [3.8, 4) is 0 Å². The van der Waals surface area contributed by atoms with Crippen LogP contribution in [0.3, 0.4) is 0 Å². The van der Waals surface area contributed by atoms with E-state index in [-0.39, 0.29) is 19.1 Å². The van der Waals surface area contributed by atoms with Gasteiger partial charge in [0.25, 0.3) is 0 Å². The summed E-state index contributed by atoms with van der Waals surface area (Å²) in [5.41, 5.74) is 0.845. The van der Waals surface area contributed by atoms with Crippen molar-refractivity contribution in [3.05, 3.63) is 35.9 Å². The van der Waals surface area contributed by atoms with Gasteiger partial charge in [-0.25, -0.2) is 9.63 Å². The van der Waals surface area contributed by atoms with Gasteiger partial charge >= 0.3 is 12.1 Å². The van der Waals surface area contributed by atoms with Gasteiger partial charge < -0.3 is 14.6 Å². The molecule has 7 nitrogen and oxygen atoms in total. The number of hydrogen-bond donors (Lipinski definition) is 1. The number of hydroxylamine groups is 2. The molecule has 1 heterocycles. The number of nitrogens with zero attached hydrogens (tertiary/aromatic N) is 1. The quantitative estimate of drug-likeness (QED) is 0.775. The third kappa shape index (κ3) is 4.47. The van der Waals surface area contributed by atoms with Crippen molar-refractivity contribution < 1.29 is 29.0 Å². The van der Waals surface area contributed by atoms with E-state index in [2.05, 4.69) is 0 Å². The molecule has 1 saturated heterocycles. The molecule has 1 unspecified atom stereocenters. The van der Waals surface area contributed by atoms with Crippen molar-refractivity contribution in [2.45, 2.75) is 64.4 Å². The molecule has 1 N–H and O–H groups in total. The zero-order valence-corrected chi connectivity index (χ0v) is 16.5. The Morgan fingerprint density at radius 3 is 2.50 bits per heavy atom. The molecule has 0 radical (unpaired) electrons. The molecule has 28 heavy (non-hydrogen) atoms. The molecular formula is C21H29NO6. The minimum Gasteiger partial charge on any atom is -0.466 e. The van der Waals surface area contributed by atoms with E-state index in [9.17, 15) is 14.7 Å². The number of carbonyl (C=O) groups is 2. The molecule has 0 bridgehead atoms. The van der Waals surface area contributed by atoms with E-state index in [1.54, 1.807) is 6.92 Å². The lowest BCUT2D eigenvalue weighted by Crippen LogP contribution is -2.47. The van der Waals surface area contributed by atoms with Crippen LogP contribution in [0.15, 0.2) is 30.3 Å². The highest BCUT2D eigenvalue weighted by atomic mass is 16.8. The predicted molar refractivity (Wildman–Crippen MR) is 101 cm³/mol. The summed E-state index contributed by atoms with van der Waals surface area (Å²) in [7, 11) is 0. The first-order valence-electron chi connectivity index (χ1n) is 10.0. The van der Waals surface area contributed by atoms with Gasteiger partial charge in [-0.1, -0.05) is 49.6 Å². The van der Waals surface area contributed by atoms with Crippen LogP contribution in [0.5, 0.6) is 0 Å². The molecule has 154 valence electrons. The molecule has 1 aromatic rings. The number of amides is 1. The SMILES string of the molecule is CCOC(=O)[C@@H]1[C@@H](C2CCCCC2)N(C(=O)OCc2ccccc2)OC1(C)O. The normalized spacial score (nSPS) is 28.2. The first kappa shape index (κ1) is 20.6. The van der Waals surface area contributed by atoms with Crippen LogP contribution in [0.2, 0.25) is 0 Å².